The second kappa shape index (κ2) is 8.20. The normalized spacial score (nSPS) is 12.4. The molecule has 3 aromatic carbocycles. The maximum absolute atomic E-state index is 7.87. The first-order chi connectivity index (χ1) is 14.2. The van der Waals surface area contributed by atoms with Crippen molar-refractivity contribution in [2.75, 3.05) is 7.11 Å². The fourth-order valence-corrected chi connectivity index (χ4v) is 4.03. The highest BCUT2D eigenvalue weighted by molar-refractivity contribution is 7.18. The van der Waals surface area contributed by atoms with Crippen LogP contribution in [0.1, 0.15) is 10.6 Å². The average molecular weight is 401 g/mol. The number of methoxy groups -OCH3 is 1. The summed E-state index contributed by atoms with van der Waals surface area (Å²) in [5.74, 6) is 0.725. The van der Waals surface area contributed by atoms with Crippen LogP contribution in [0.15, 0.2) is 70.6 Å². The summed E-state index contributed by atoms with van der Waals surface area (Å²) in [5, 5.41) is 10.7. The number of fused-ring (bicyclic) bond motifs is 2. The van der Waals surface area contributed by atoms with Crippen LogP contribution in [0.2, 0.25) is 0 Å². The Hall–Kier alpha value is -3.58. The SMILES string of the molecule is COc1ccc2ccccc2c1C(C=N)=NC(N)=NCc1nc2ccccc2s1. The second-order valence-electron chi connectivity index (χ2n) is 6.26. The molecule has 0 saturated heterocycles. The van der Waals surface area contributed by atoms with Crippen LogP contribution < -0.4 is 10.5 Å². The molecule has 4 aromatic rings. The molecular formula is C22H19N5OS. The third-order valence-electron chi connectivity index (χ3n) is 4.45. The third kappa shape index (κ3) is 3.86. The molecule has 29 heavy (non-hydrogen) atoms. The van der Waals surface area contributed by atoms with Gasteiger partial charge in [-0.3, -0.25) is 0 Å². The third-order valence-corrected chi connectivity index (χ3v) is 5.47. The van der Waals surface area contributed by atoms with Gasteiger partial charge in [0, 0.05) is 6.21 Å². The van der Waals surface area contributed by atoms with Gasteiger partial charge in [0.15, 0.2) is 0 Å². The molecule has 0 aliphatic carbocycles. The standard InChI is InChI=1S/C22H19N5OS/c1-28-18-11-10-14-6-2-3-7-15(14)21(18)17(12-23)27-22(24)25-13-20-26-16-8-4-5-9-19(16)29-20/h2-12,23H,13H2,1H3,(H2,24,25). The van der Waals surface area contributed by atoms with E-state index in [1.54, 1.807) is 18.4 Å². The van der Waals surface area contributed by atoms with Crippen molar-refractivity contribution >= 4 is 50.2 Å². The van der Waals surface area contributed by atoms with Gasteiger partial charge in [-0.05, 0) is 29.0 Å². The Labute approximate surface area is 171 Å². The monoisotopic (exact) mass is 401 g/mol. The molecule has 6 nitrogen and oxygen atoms in total. The smallest absolute Gasteiger partial charge is 0.216 e. The van der Waals surface area contributed by atoms with Gasteiger partial charge in [-0.15, -0.1) is 11.3 Å². The zero-order valence-corrected chi connectivity index (χ0v) is 16.6. The Bertz CT molecular complexity index is 1230. The summed E-state index contributed by atoms with van der Waals surface area (Å²) in [5.41, 5.74) is 8.12. The molecule has 0 atom stereocenters. The van der Waals surface area contributed by atoms with Crippen LogP contribution in [0, 0.1) is 5.41 Å². The molecule has 0 unspecified atom stereocenters. The summed E-state index contributed by atoms with van der Waals surface area (Å²) in [6.07, 6.45) is 1.17. The summed E-state index contributed by atoms with van der Waals surface area (Å²) >= 11 is 1.58. The summed E-state index contributed by atoms with van der Waals surface area (Å²) in [6, 6.07) is 19.7. The van der Waals surface area contributed by atoms with Gasteiger partial charge < -0.3 is 15.9 Å². The van der Waals surface area contributed by atoms with Gasteiger partial charge in [0.2, 0.25) is 5.96 Å². The van der Waals surface area contributed by atoms with Gasteiger partial charge in [-0.1, -0.05) is 42.5 Å². The van der Waals surface area contributed by atoms with E-state index in [0.717, 1.165) is 31.6 Å². The van der Waals surface area contributed by atoms with E-state index in [1.807, 2.05) is 60.7 Å². The minimum Gasteiger partial charge on any atom is -0.496 e. The number of aromatic nitrogens is 1. The van der Waals surface area contributed by atoms with E-state index in [9.17, 15) is 0 Å². The van der Waals surface area contributed by atoms with Crippen molar-refractivity contribution in [1.29, 1.82) is 5.41 Å². The summed E-state index contributed by atoms with van der Waals surface area (Å²) in [6.45, 7) is 0.340. The topological polar surface area (TPSA) is 96.7 Å². The molecule has 0 bridgehead atoms. The van der Waals surface area contributed by atoms with Crippen LogP contribution >= 0.6 is 11.3 Å². The maximum Gasteiger partial charge on any atom is 0.216 e. The Kier molecular flexibility index (Phi) is 5.31. The number of rotatable bonds is 5. The van der Waals surface area contributed by atoms with E-state index in [2.05, 4.69) is 15.0 Å². The highest BCUT2D eigenvalue weighted by atomic mass is 32.1. The number of benzene rings is 3. The van der Waals surface area contributed by atoms with Crippen LogP contribution in [0.3, 0.4) is 0 Å². The summed E-state index contributed by atoms with van der Waals surface area (Å²) < 4.78 is 6.62. The Morgan fingerprint density at radius 3 is 2.72 bits per heavy atom. The van der Waals surface area contributed by atoms with Gasteiger partial charge in [-0.25, -0.2) is 15.0 Å². The number of para-hydroxylation sites is 1. The highest BCUT2D eigenvalue weighted by Gasteiger charge is 2.13. The number of hydrogen-bond acceptors (Lipinski definition) is 5. The van der Waals surface area contributed by atoms with Gasteiger partial charge in [0.05, 0.1) is 35.1 Å². The first-order valence-corrected chi connectivity index (χ1v) is 9.81. The summed E-state index contributed by atoms with van der Waals surface area (Å²) in [7, 11) is 1.60. The average Bonchev–Trinajstić information content (AvgIpc) is 3.18. The van der Waals surface area contributed by atoms with Crippen molar-refractivity contribution in [3.8, 4) is 5.75 Å². The van der Waals surface area contributed by atoms with Crippen LogP contribution in [0.25, 0.3) is 21.0 Å². The zero-order chi connectivity index (χ0) is 20.2. The molecule has 144 valence electrons. The molecule has 0 aliphatic heterocycles. The number of nitrogens with two attached hydrogens (primary N) is 1. The number of guanidine groups is 1. The maximum atomic E-state index is 7.87. The number of hydrogen-bond donors (Lipinski definition) is 2. The highest BCUT2D eigenvalue weighted by Crippen LogP contribution is 2.28. The molecule has 1 heterocycles. The first kappa shape index (κ1) is 18.8. The molecular weight excluding hydrogens is 382 g/mol. The van der Waals surface area contributed by atoms with E-state index >= 15 is 0 Å². The van der Waals surface area contributed by atoms with Gasteiger partial charge in [0.1, 0.15) is 10.8 Å². The molecule has 0 fully saturated rings. The Morgan fingerprint density at radius 2 is 1.93 bits per heavy atom. The van der Waals surface area contributed by atoms with Crippen molar-refractivity contribution in [2.24, 2.45) is 15.7 Å². The Balaban J connectivity index is 1.69. The number of aliphatic imine (C=N–C) groups is 2. The van der Waals surface area contributed by atoms with Crippen LogP contribution in [0.5, 0.6) is 5.75 Å². The zero-order valence-electron chi connectivity index (χ0n) is 15.8. The molecule has 3 N–H and O–H groups in total. The molecule has 1 aromatic heterocycles. The fourth-order valence-electron chi connectivity index (χ4n) is 3.14. The predicted octanol–water partition coefficient (Wildman–Crippen LogP) is 4.41. The fraction of sp³-hybridized carbons (Fsp3) is 0.0909. The largest absolute Gasteiger partial charge is 0.496 e. The van der Waals surface area contributed by atoms with Crippen molar-refractivity contribution in [3.63, 3.8) is 0 Å². The van der Waals surface area contributed by atoms with Gasteiger partial charge in [0.25, 0.3) is 0 Å². The Morgan fingerprint density at radius 1 is 1.14 bits per heavy atom. The van der Waals surface area contributed by atoms with Gasteiger partial charge >= 0.3 is 0 Å². The molecule has 0 spiro atoms. The van der Waals surface area contributed by atoms with Crippen LogP contribution in [-0.4, -0.2) is 30.0 Å². The van der Waals surface area contributed by atoms with Crippen molar-refractivity contribution in [1.82, 2.24) is 4.98 Å². The number of ether oxygens (including phenoxy) is 1. The lowest BCUT2D eigenvalue weighted by Crippen LogP contribution is -2.15. The summed E-state index contributed by atoms with van der Waals surface area (Å²) in [4.78, 5) is 13.3. The minimum atomic E-state index is 0.0951. The lowest BCUT2D eigenvalue weighted by molar-refractivity contribution is 0.414. The van der Waals surface area contributed by atoms with Crippen molar-refractivity contribution < 1.29 is 4.74 Å². The van der Waals surface area contributed by atoms with E-state index in [1.165, 1.54) is 6.21 Å². The van der Waals surface area contributed by atoms with E-state index in [4.69, 9.17) is 15.9 Å². The minimum absolute atomic E-state index is 0.0951. The van der Waals surface area contributed by atoms with Crippen molar-refractivity contribution in [2.45, 2.75) is 6.54 Å². The lowest BCUT2D eigenvalue weighted by atomic mass is 10.00. The van der Waals surface area contributed by atoms with Crippen molar-refractivity contribution in [3.05, 3.63) is 71.2 Å². The lowest BCUT2D eigenvalue weighted by Gasteiger charge is -2.11. The van der Waals surface area contributed by atoms with Crippen LogP contribution in [0.4, 0.5) is 0 Å². The van der Waals surface area contributed by atoms with E-state index in [0.29, 0.717) is 18.0 Å². The molecule has 0 radical (unpaired) electrons. The second-order valence-corrected chi connectivity index (χ2v) is 7.37. The molecule has 7 heteroatoms. The molecule has 0 saturated carbocycles. The number of nitrogens with zero attached hydrogens (tertiary/aromatic N) is 3. The molecule has 0 aliphatic rings. The van der Waals surface area contributed by atoms with Crippen LogP contribution in [-0.2, 0) is 6.54 Å². The molecule has 0 amide bonds. The van der Waals surface area contributed by atoms with E-state index in [-0.39, 0.29) is 5.96 Å². The first-order valence-electron chi connectivity index (χ1n) is 8.99. The predicted molar refractivity (Wildman–Crippen MR) is 121 cm³/mol. The number of thiazole rings is 1. The quantitative estimate of drug-likeness (QED) is 0.383. The number of nitrogens with one attached hydrogen (secondary N) is 1. The van der Waals surface area contributed by atoms with E-state index < -0.39 is 0 Å². The van der Waals surface area contributed by atoms with Gasteiger partial charge in [-0.2, -0.15) is 0 Å². The molecule has 4 rings (SSSR count).